The number of aryl methyl sites for hydroxylation is 1. The van der Waals surface area contributed by atoms with Gasteiger partial charge in [0.05, 0.1) is 7.11 Å². The highest BCUT2D eigenvalue weighted by molar-refractivity contribution is 7.89. The summed E-state index contributed by atoms with van der Waals surface area (Å²) < 4.78 is 46.2. The van der Waals surface area contributed by atoms with Gasteiger partial charge in [0.1, 0.15) is 16.5 Å². The van der Waals surface area contributed by atoms with Crippen molar-refractivity contribution < 1.29 is 17.5 Å². The quantitative estimate of drug-likeness (QED) is 0.881. The minimum Gasteiger partial charge on any atom is -0.497 e. The fraction of sp³-hybridized carbons (Fsp3) is 0.294. The largest absolute Gasteiger partial charge is 0.497 e. The van der Waals surface area contributed by atoms with Crippen LogP contribution in [-0.2, 0) is 16.4 Å². The number of nitrogens with one attached hydrogen (secondary N) is 1. The van der Waals surface area contributed by atoms with Gasteiger partial charge >= 0.3 is 0 Å². The van der Waals surface area contributed by atoms with E-state index in [1.807, 2.05) is 24.3 Å². The van der Waals surface area contributed by atoms with Crippen LogP contribution in [0.15, 0.2) is 47.4 Å². The van der Waals surface area contributed by atoms with Crippen LogP contribution in [0, 0.1) is 12.7 Å². The topological polar surface area (TPSA) is 55.4 Å². The highest BCUT2D eigenvalue weighted by atomic mass is 32.2. The molecule has 2 aromatic rings. The van der Waals surface area contributed by atoms with Crippen molar-refractivity contribution in [2.45, 2.75) is 31.2 Å². The molecule has 23 heavy (non-hydrogen) atoms. The summed E-state index contributed by atoms with van der Waals surface area (Å²) in [5.41, 5.74) is 1.62. The molecule has 4 nitrogen and oxygen atoms in total. The molecule has 0 aliphatic heterocycles. The Hall–Kier alpha value is -1.92. The van der Waals surface area contributed by atoms with E-state index < -0.39 is 15.8 Å². The molecular weight excluding hydrogens is 317 g/mol. The van der Waals surface area contributed by atoms with E-state index in [1.165, 1.54) is 12.1 Å². The average Bonchev–Trinajstić information content (AvgIpc) is 2.49. The summed E-state index contributed by atoms with van der Waals surface area (Å²) in [5.74, 6) is -0.0426. The summed E-state index contributed by atoms with van der Waals surface area (Å²) >= 11 is 0. The van der Waals surface area contributed by atoms with Crippen molar-refractivity contribution in [3.8, 4) is 5.75 Å². The van der Waals surface area contributed by atoms with Crippen LogP contribution in [0.4, 0.5) is 4.39 Å². The number of benzene rings is 2. The van der Waals surface area contributed by atoms with E-state index >= 15 is 0 Å². The summed E-state index contributed by atoms with van der Waals surface area (Å²) in [6.07, 6.45) is 0.476. The highest BCUT2D eigenvalue weighted by Crippen LogP contribution is 2.18. The zero-order chi connectivity index (χ0) is 17.0. The molecule has 124 valence electrons. The van der Waals surface area contributed by atoms with Crippen LogP contribution in [0.1, 0.15) is 18.1 Å². The molecule has 0 radical (unpaired) electrons. The molecule has 0 saturated heterocycles. The molecule has 0 aliphatic rings. The second kappa shape index (κ2) is 7.10. The van der Waals surface area contributed by atoms with E-state index in [0.29, 0.717) is 17.7 Å². The van der Waals surface area contributed by atoms with E-state index in [9.17, 15) is 12.8 Å². The zero-order valence-electron chi connectivity index (χ0n) is 13.3. The lowest BCUT2D eigenvalue weighted by atomic mass is 10.1. The minimum absolute atomic E-state index is 0.324. The van der Waals surface area contributed by atoms with E-state index in [-0.39, 0.29) is 10.9 Å². The number of rotatable bonds is 6. The first-order valence-electron chi connectivity index (χ1n) is 7.23. The third-order valence-corrected chi connectivity index (χ3v) is 5.01. The predicted molar refractivity (Wildman–Crippen MR) is 87.6 cm³/mol. The van der Waals surface area contributed by atoms with Crippen molar-refractivity contribution in [2.24, 2.45) is 0 Å². The Labute approximate surface area is 136 Å². The Morgan fingerprint density at radius 1 is 1.22 bits per heavy atom. The van der Waals surface area contributed by atoms with Crippen LogP contribution in [0.2, 0.25) is 0 Å². The van der Waals surface area contributed by atoms with Gasteiger partial charge < -0.3 is 4.74 Å². The first-order chi connectivity index (χ1) is 10.8. The van der Waals surface area contributed by atoms with Crippen molar-refractivity contribution >= 4 is 10.0 Å². The Kier molecular flexibility index (Phi) is 5.38. The van der Waals surface area contributed by atoms with Gasteiger partial charge in [-0.25, -0.2) is 17.5 Å². The van der Waals surface area contributed by atoms with Gasteiger partial charge in [0, 0.05) is 6.04 Å². The van der Waals surface area contributed by atoms with Crippen molar-refractivity contribution in [1.82, 2.24) is 4.72 Å². The number of hydrogen-bond donors (Lipinski definition) is 1. The molecular formula is C17H20FNO3S. The van der Waals surface area contributed by atoms with Crippen molar-refractivity contribution in [3.05, 3.63) is 59.4 Å². The van der Waals surface area contributed by atoms with Crippen LogP contribution in [0.3, 0.4) is 0 Å². The number of hydrogen-bond acceptors (Lipinski definition) is 3. The van der Waals surface area contributed by atoms with Gasteiger partial charge in [0.2, 0.25) is 10.0 Å². The maximum atomic E-state index is 13.8. The SMILES string of the molecule is COc1cccc(CC(C)NS(=O)(=O)c2cc(C)ccc2F)c1. The highest BCUT2D eigenvalue weighted by Gasteiger charge is 2.21. The zero-order valence-corrected chi connectivity index (χ0v) is 14.2. The summed E-state index contributed by atoms with van der Waals surface area (Å²) in [5, 5.41) is 0. The van der Waals surface area contributed by atoms with Crippen LogP contribution >= 0.6 is 0 Å². The summed E-state index contributed by atoms with van der Waals surface area (Å²) in [6.45, 7) is 3.46. The number of ether oxygens (including phenoxy) is 1. The standard InChI is InChI=1S/C17H20FNO3S/c1-12-7-8-16(18)17(9-12)23(20,21)19-13(2)10-14-5-4-6-15(11-14)22-3/h4-9,11,13,19H,10H2,1-3H3. The number of methoxy groups -OCH3 is 1. The molecule has 0 saturated carbocycles. The van der Waals surface area contributed by atoms with E-state index in [2.05, 4.69) is 4.72 Å². The van der Waals surface area contributed by atoms with Crippen LogP contribution in [-0.4, -0.2) is 21.6 Å². The second-order valence-electron chi connectivity index (χ2n) is 5.51. The molecule has 2 rings (SSSR count). The molecule has 0 heterocycles. The van der Waals surface area contributed by atoms with Gasteiger partial charge in [-0.3, -0.25) is 0 Å². The smallest absolute Gasteiger partial charge is 0.243 e. The molecule has 0 aromatic heterocycles. The molecule has 0 fully saturated rings. The Morgan fingerprint density at radius 2 is 1.96 bits per heavy atom. The van der Waals surface area contributed by atoms with Gasteiger partial charge in [-0.1, -0.05) is 18.2 Å². The molecule has 0 amide bonds. The van der Waals surface area contributed by atoms with Crippen molar-refractivity contribution in [1.29, 1.82) is 0 Å². The van der Waals surface area contributed by atoms with Gasteiger partial charge in [-0.2, -0.15) is 0 Å². The fourth-order valence-corrected chi connectivity index (χ4v) is 3.75. The van der Waals surface area contributed by atoms with Gasteiger partial charge in [0.15, 0.2) is 0 Å². The van der Waals surface area contributed by atoms with Crippen LogP contribution < -0.4 is 9.46 Å². The molecule has 1 unspecified atom stereocenters. The van der Waals surface area contributed by atoms with Crippen LogP contribution in [0.5, 0.6) is 5.75 Å². The Morgan fingerprint density at radius 3 is 2.65 bits per heavy atom. The maximum absolute atomic E-state index is 13.8. The molecule has 0 spiro atoms. The first-order valence-corrected chi connectivity index (χ1v) is 8.71. The lowest BCUT2D eigenvalue weighted by molar-refractivity contribution is 0.414. The fourth-order valence-electron chi connectivity index (χ4n) is 2.34. The summed E-state index contributed by atoms with van der Waals surface area (Å²) in [4.78, 5) is -0.324. The minimum atomic E-state index is -3.90. The van der Waals surface area contributed by atoms with E-state index in [1.54, 1.807) is 21.0 Å². The van der Waals surface area contributed by atoms with Gasteiger partial charge in [-0.05, 0) is 55.7 Å². The monoisotopic (exact) mass is 337 g/mol. The number of sulfonamides is 1. The van der Waals surface area contributed by atoms with Crippen molar-refractivity contribution in [2.75, 3.05) is 7.11 Å². The summed E-state index contributed by atoms with van der Waals surface area (Å²) in [7, 11) is -2.33. The predicted octanol–water partition coefficient (Wildman–Crippen LogP) is 3.05. The lowest BCUT2D eigenvalue weighted by Crippen LogP contribution is -2.34. The Balaban J connectivity index is 2.15. The molecule has 2 aromatic carbocycles. The maximum Gasteiger partial charge on any atom is 0.243 e. The third-order valence-electron chi connectivity index (χ3n) is 3.41. The third kappa shape index (κ3) is 4.53. The van der Waals surface area contributed by atoms with E-state index in [4.69, 9.17) is 4.74 Å². The summed E-state index contributed by atoms with van der Waals surface area (Å²) in [6, 6.07) is 11.0. The molecule has 1 atom stereocenters. The first kappa shape index (κ1) is 17.4. The lowest BCUT2D eigenvalue weighted by Gasteiger charge is -2.15. The van der Waals surface area contributed by atoms with Crippen LogP contribution in [0.25, 0.3) is 0 Å². The van der Waals surface area contributed by atoms with Gasteiger partial charge in [0.25, 0.3) is 0 Å². The van der Waals surface area contributed by atoms with Crippen molar-refractivity contribution in [3.63, 3.8) is 0 Å². The van der Waals surface area contributed by atoms with E-state index in [0.717, 1.165) is 11.6 Å². The Bertz CT molecular complexity index is 790. The molecule has 1 N–H and O–H groups in total. The molecule has 0 bridgehead atoms. The van der Waals surface area contributed by atoms with Gasteiger partial charge in [-0.15, -0.1) is 0 Å². The second-order valence-corrected chi connectivity index (χ2v) is 7.19. The normalized spacial score (nSPS) is 12.9. The number of halogens is 1. The molecule has 0 aliphatic carbocycles. The average molecular weight is 337 g/mol. The molecule has 6 heteroatoms.